The van der Waals surface area contributed by atoms with Crippen LogP contribution in [-0.4, -0.2) is 48.8 Å². The standard InChI is InChI=1S/C20H28N2O5/c1-20(2,3)27-19(24)21-9-8-18(23)22-10-4-5-15(22)14-6-7-16-17(13-14)26-12-11-25-16/h6-7,13,15H,4-5,8-12H2,1-3H3,(H,21,24). The maximum atomic E-state index is 12.7. The monoisotopic (exact) mass is 376 g/mol. The molecule has 2 aliphatic heterocycles. The quantitative estimate of drug-likeness (QED) is 0.874. The minimum absolute atomic E-state index is 0.0310. The Labute approximate surface area is 160 Å². The summed E-state index contributed by atoms with van der Waals surface area (Å²) in [6, 6.07) is 5.93. The molecule has 1 aromatic rings. The lowest BCUT2D eigenvalue weighted by molar-refractivity contribution is -0.132. The molecule has 148 valence electrons. The first-order valence-electron chi connectivity index (χ1n) is 9.49. The molecule has 2 aliphatic rings. The van der Waals surface area contributed by atoms with Crippen LogP contribution in [0, 0.1) is 0 Å². The van der Waals surface area contributed by atoms with Crippen molar-refractivity contribution < 1.29 is 23.8 Å². The molecule has 3 rings (SSSR count). The van der Waals surface area contributed by atoms with Gasteiger partial charge < -0.3 is 24.4 Å². The van der Waals surface area contributed by atoms with Crippen molar-refractivity contribution in [2.75, 3.05) is 26.3 Å². The van der Waals surface area contributed by atoms with Crippen LogP contribution in [0.1, 0.15) is 51.6 Å². The molecular formula is C20H28N2O5. The average Bonchev–Trinajstić information content (AvgIpc) is 3.09. The molecule has 27 heavy (non-hydrogen) atoms. The third-order valence-electron chi connectivity index (χ3n) is 4.53. The number of nitrogens with zero attached hydrogens (tertiary/aromatic N) is 1. The number of ether oxygens (including phenoxy) is 3. The van der Waals surface area contributed by atoms with Crippen LogP contribution in [0.2, 0.25) is 0 Å². The minimum atomic E-state index is -0.549. The first-order chi connectivity index (χ1) is 12.8. The number of alkyl carbamates (subject to hydrolysis) is 1. The van der Waals surface area contributed by atoms with E-state index in [1.54, 1.807) is 20.8 Å². The summed E-state index contributed by atoms with van der Waals surface area (Å²) in [5.74, 6) is 1.52. The molecule has 0 aliphatic carbocycles. The van der Waals surface area contributed by atoms with Gasteiger partial charge in [-0.1, -0.05) is 6.07 Å². The number of nitrogens with one attached hydrogen (secondary N) is 1. The first kappa shape index (κ1) is 19.3. The Morgan fingerprint density at radius 3 is 2.70 bits per heavy atom. The molecule has 1 unspecified atom stereocenters. The van der Waals surface area contributed by atoms with E-state index in [0.717, 1.165) is 36.4 Å². The normalized spacial score (nSPS) is 18.9. The highest BCUT2D eigenvalue weighted by molar-refractivity contribution is 5.78. The summed E-state index contributed by atoms with van der Waals surface area (Å²) in [7, 11) is 0. The number of carbonyl (C=O) groups excluding carboxylic acids is 2. The highest BCUT2D eigenvalue weighted by Crippen LogP contribution is 2.38. The highest BCUT2D eigenvalue weighted by Gasteiger charge is 2.30. The predicted molar refractivity (Wildman–Crippen MR) is 100.0 cm³/mol. The zero-order valence-electron chi connectivity index (χ0n) is 16.2. The predicted octanol–water partition coefficient (Wildman–Crippen LogP) is 3.04. The largest absolute Gasteiger partial charge is 0.486 e. The van der Waals surface area contributed by atoms with Crippen LogP contribution in [0.4, 0.5) is 4.79 Å². The number of amides is 2. The minimum Gasteiger partial charge on any atom is -0.486 e. The Hall–Kier alpha value is -2.44. The summed E-state index contributed by atoms with van der Waals surface area (Å²) in [4.78, 5) is 26.3. The second-order valence-electron chi connectivity index (χ2n) is 7.83. The van der Waals surface area contributed by atoms with Crippen molar-refractivity contribution in [3.63, 3.8) is 0 Å². The van der Waals surface area contributed by atoms with Crippen LogP contribution in [0.5, 0.6) is 11.5 Å². The number of hydrogen-bond donors (Lipinski definition) is 1. The molecule has 0 bridgehead atoms. The lowest BCUT2D eigenvalue weighted by atomic mass is 10.0. The van der Waals surface area contributed by atoms with Gasteiger partial charge >= 0.3 is 6.09 Å². The van der Waals surface area contributed by atoms with E-state index in [2.05, 4.69) is 5.32 Å². The summed E-state index contributed by atoms with van der Waals surface area (Å²) in [6.45, 7) is 7.51. The lowest BCUT2D eigenvalue weighted by Gasteiger charge is -2.27. The Kier molecular flexibility index (Phi) is 5.77. The number of likely N-dealkylation sites (tertiary alicyclic amines) is 1. The van der Waals surface area contributed by atoms with E-state index in [9.17, 15) is 9.59 Å². The van der Waals surface area contributed by atoms with E-state index < -0.39 is 11.7 Å². The third kappa shape index (κ3) is 5.05. The summed E-state index contributed by atoms with van der Waals surface area (Å²) in [6.07, 6.45) is 1.63. The van der Waals surface area contributed by atoms with Gasteiger partial charge in [-0.25, -0.2) is 4.79 Å². The van der Waals surface area contributed by atoms with Gasteiger partial charge in [0.15, 0.2) is 11.5 Å². The Bertz CT molecular complexity index is 698. The smallest absolute Gasteiger partial charge is 0.407 e. The Morgan fingerprint density at radius 2 is 1.96 bits per heavy atom. The van der Waals surface area contributed by atoms with Crippen molar-refractivity contribution in [1.82, 2.24) is 10.2 Å². The van der Waals surface area contributed by atoms with Crippen molar-refractivity contribution >= 4 is 12.0 Å². The molecule has 1 N–H and O–H groups in total. The van der Waals surface area contributed by atoms with Gasteiger partial charge in [0.25, 0.3) is 0 Å². The van der Waals surface area contributed by atoms with Crippen LogP contribution in [0.15, 0.2) is 18.2 Å². The third-order valence-corrected chi connectivity index (χ3v) is 4.53. The molecule has 1 atom stereocenters. The number of rotatable bonds is 4. The van der Waals surface area contributed by atoms with Crippen molar-refractivity contribution in [1.29, 1.82) is 0 Å². The van der Waals surface area contributed by atoms with Crippen LogP contribution in [-0.2, 0) is 9.53 Å². The van der Waals surface area contributed by atoms with E-state index in [0.29, 0.717) is 13.2 Å². The van der Waals surface area contributed by atoms with Crippen molar-refractivity contribution in [3.05, 3.63) is 23.8 Å². The topological polar surface area (TPSA) is 77.1 Å². The van der Waals surface area contributed by atoms with Gasteiger partial charge in [-0.15, -0.1) is 0 Å². The average molecular weight is 376 g/mol. The number of fused-ring (bicyclic) bond motifs is 1. The molecule has 1 fully saturated rings. The van der Waals surface area contributed by atoms with Gasteiger partial charge in [-0.05, 0) is 51.3 Å². The van der Waals surface area contributed by atoms with Crippen LogP contribution >= 0.6 is 0 Å². The molecule has 7 heteroatoms. The molecule has 2 amide bonds. The van der Waals surface area contributed by atoms with E-state index in [-0.39, 0.29) is 24.9 Å². The van der Waals surface area contributed by atoms with E-state index in [4.69, 9.17) is 14.2 Å². The number of benzene rings is 1. The Balaban J connectivity index is 1.56. The van der Waals surface area contributed by atoms with Crippen molar-refractivity contribution in [2.24, 2.45) is 0 Å². The molecule has 0 spiro atoms. The van der Waals surface area contributed by atoms with Gasteiger partial charge in [0.05, 0.1) is 6.04 Å². The fraction of sp³-hybridized carbons (Fsp3) is 0.600. The molecule has 1 aromatic carbocycles. The highest BCUT2D eigenvalue weighted by atomic mass is 16.6. The first-order valence-corrected chi connectivity index (χ1v) is 9.49. The van der Waals surface area contributed by atoms with Gasteiger partial charge in [0, 0.05) is 19.5 Å². The zero-order valence-corrected chi connectivity index (χ0v) is 16.2. The summed E-state index contributed by atoms with van der Waals surface area (Å²) >= 11 is 0. The number of carbonyl (C=O) groups is 2. The van der Waals surface area contributed by atoms with Crippen molar-refractivity contribution in [2.45, 2.75) is 51.7 Å². The Morgan fingerprint density at radius 1 is 1.22 bits per heavy atom. The van der Waals surface area contributed by atoms with Crippen LogP contribution in [0.25, 0.3) is 0 Å². The summed E-state index contributed by atoms with van der Waals surface area (Å²) in [5.41, 5.74) is 0.511. The van der Waals surface area contributed by atoms with Crippen molar-refractivity contribution in [3.8, 4) is 11.5 Å². The molecule has 7 nitrogen and oxygen atoms in total. The maximum Gasteiger partial charge on any atom is 0.407 e. The molecule has 0 aromatic heterocycles. The molecule has 0 saturated carbocycles. The fourth-order valence-corrected chi connectivity index (χ4v) is 3.41. The lowest BCUT2D eigenvalue weighted by Crippen LogP contribution is -2.36. The SMILES string of the molecule is CC(C)(C)OC(=O)NCCC(=O)N1CCCC1c1ccc2c(c1)OCCO2. The molecule has 2 heterocycles. The molecule has 0 radical (unpaired) electrons. The molecule has 1 saturated heterocycles. The molecular weight excluding hydrogens is 348 g/mol. The van der Waals surface area contributed by atoms with E-state index >= 15 is 0 Å². The van der Waals surface area contributed by atoms with E-state index in [1.807, 2.05) is 23.1 Å². The van der Waals surface area contributed by atoms with Gasteiger partial charge in [-0.3, -0.25) is 4.79 Å². The summed E-state index contributed by atoms with van der Waals surface area (Å²) in [5, 5.41) is 2.64. The van der Waals surface area contributed by atoms with E-state index in [1.165, 1.54) is 0 Å². The zero-order chi connectivity index (χ0) is 19.4. The number of hydrogen-bond acceptors (Lipinski definition) is 5. The van der Waals surface area contributed by atoms with Gasteiger partial charge in [-0.2, -0.15) is 0 Å². The van der Waals surface area contributed by atoms with Gasteiger partial charge in [0.2, 0.25) is 5.91 Å². The fourth-order valence-electron chi connectivity index (χ4n) is 3.41. The summed E-state index contributed by atoms with van der Waals surface area (Å²) < 4.78 is 16.4. The van der Waals surface area contributed by atoms with Crippen LogP contribution < -0.4 is 14.8 Å². The second kappa shape index (κ2) is 8.06. The maximum absolute atomic E-state index is 12.7. The van der Waals surface area contributed by atoms with Gasteiger partial charge in [0.1, 0.15) is 18.8 Å². The second-order valence-corrected chi connectivity index (χ2v) is 7.83. The van der Waals surface area contributed by atoms with Crippen LogP contribution in [0.3, 0.4) is 0 Å².